The van der Waals surface area contributed by atoms with Crippen LogP contribution < -0.4 is 4.74 Å². The van der Waals surface area contributed by atoms with Gasteiger partial charge < -0.3 is 39.4 Å². The lowest BCUT2D eigenvalue weighted by molar-refractivity contribution is -0.271. The van der Waals surface area contributed by atoms with Crippen LogP contribution in [0.3, 0.4) is 0 Å². The second-order valence-corrected chi connectivity index (χ2v) is 7.20. The zero-order chi connectivity index (χ0) is 24.0. The number of aromatic hydroxyl groups is 1. The molecule has 33 heavy (non-hydrogen) atoms. The van der Waals surface area contributed by atoms with Crippen molar-refractivity contribution in [3.63, 3.8) is 0 Å². The van der Waals surface area contributed by atoms with Crippen LogP contribution in [0.2, 0.25) is 0 Å². The number of carbonyl (C=O) groups is 1. The minimum Gasteiger partial charge on any atom is -0.508 e. The van der Waals surface area contributed by atoms with Crippen LogP contribution >= 0.6 is 0 Å². The van der Waals surface area contributed by atoms with Gasteiger partial charge in [-0.1, -0.05) is 12.7 Å². The van der Waals surface area contributed by atoms with Crippen molar-refractivity contribution in [3.8, 4) is 23.0 Å². The Morgan fingerprint density at radius 2 is 1.85 bits per heavy atom. The third-order valence-electron chi connectivity index (χ3n) is 5.06. The molecule has 0 saturated carbocycles. The number of nitrogens with zero attached hydrogens (tertiary/aromatic N) is 1. The minimum absolute atomic E-state index is 0.134. The molecule has 5 atom stereocenters. The number of carboxylic acid groups (broad SMARTS) is 1. The van der Waals surface area contributed by atoms with Crippen LogP contribution in [0.15, 0.2) is 35.3 Å². The Bertz CT molecular complexity index is 1240. The van der Waals surface area contributed by atoms with E-state index in [-0.39, 0.29) is 22.7 Å². The summed E-state index contributed by atoms with van der Waals surface area (Å²) in [5.41, 5.74) is 0.339. The van der Waals surface area contributed by atoms with E-state index in [4.69, 9.17) is 19.0 Å². The number of benzene rings is 2. The zero-order valence-corrected chi connectivity index (χ0v) is 16.6. The van der Waals surface area contributed by atoms with E-state index >= 15 is 0 Å². The highest BCUT2D eigenvalue weighted by Crippen LogP contribution is 2.35. The standard InChI is InChI=1S/C21H17F2NO9/c1-2-7-5-8(25)6-10-17(7)32-19(24-10)9-3-4-11(13(23)12(9)22)31-21-16(28)14(26)15(27)18(33-21)20(29)30/h2-6,14-16,18,21,25-28H,1H2,(H,29,30)/t14-,15-,16+,18-,21+/m0/s1. The van der Waals surface area contributed by atoms with Crippen molar-refractivity contribution in [2.24, 2.45) is 0 Å². The van der Waals surface area contributed by atoms with Gasteiger partial charge >= 0.3 is 5.97 Å². The molecule has 0 amide bonds. The summed E-state index contributed by atoms with van der Waals surface area (Å²) < 4.78 is 45.0. The van der Waals surface area contributed by atoms with Gasteiger partial charge in [-0.25, -0.2) is 14.2 Å². The number of aliphatic hydroxyl groups excluding tert-OH is 3. The maximum Gasteiger partial charge on any atom is 0.335 e. The van der Waals surface area contributed by atoms with E-state index in [9.17, 15) is 34.0 Å². The van der Waals surface area contributed by atoms with Crippen LogP contribution in [-0.2, 0) is 9.53 Å². The van der Waals surface area contributed by atoms with E-state index in [0.717, 1.165) is 12.1 Å². The van der Waals surface area contributed by atoms with E-state index in [1.807, 2.05) is 0 Å². The normalized spacial score (nSPS) is 25.2. The summed E-state index contributed by atoms with van der Waals surface area (Å²) in [5.74, 6) is -5.85. The number of phenolic OH excluding ortho intramolecular Hbond substituents is 1. The van der Waals surface area contributed by atoms with Crippen LogP contribution in [0.5, 0.6) is 11.5 Å². The average Bonchev–Trinajstić information content (AvgIpc) is 3.19. The van der Waals surface area contributed by atoms with Gasteiger partial charge in [0.1, 0.15) is 29.6 Å². The highest BCUT2D eigenvalue weighted by molar-refractivity contribution is 5.86. The largest absolute Gasteiger partial charge is 0.508 e. The SMILES string of the molecule is C=Cc1cc(O)cc2nc(-c3ccc(O[C@@H]4O[C@H](C(=O)O)[C@@H](O)[C@H](O)[C@H]4O)c(F)c3F)oc12. The van der Waals surface area contributed by atoms with Gasteiger partial charge in [-0.15, -0.1) is 0 Å². The lowest BCUT2D eigenvalue weighted by Crippen LogP contribution is -2.61. The first kappa shape index (κ1) is 22.6. The Morgan fingerprint density at radius 1 is 1.12 bits per heavy atom. The zero-order valence-electron chi connectivity index (χ0n) is 16.6. The second kappa shape index (κ2) is 8.41. The van der Waals surface area contributed by atoms with Crippen molar-refractivity contribution in [2.45, 2.75) is 30.7 Å². The smallest absolute Gasteiger partial charge is 0.335 e. The summed E-state index contributed by atoms with van der Waals surface area (Å²) in [5, 5.41) is 48.3. The van der Waals surface area contributed by atoms with Gasteiger partial charge in [-0.2, -0.15) is 4.39 Å². The van der Waals surface area contributed by atoms with Crippen molar-refractivity contribution in [2.75, 3.05) is 0 Å². The van der Waals surface area contributed by atoms with Crippen LogP contribution in [0.4, 0.5) is 8.78 Å². The van der Waals surface area contributed by atoms with Gasteiger partial charge in [0.15, 0.2) is 23.3 Å². The third kappa shape index (κ3) is 3.89. The molecule has 1 aliphatic heterocycles. The fourth-order valence-corrected chi connectivity index (χ4v) is 3.37. The molecule has 12 heteroatoms. The Morgan fingerprint density at radius 3 is 2.52 bits per heavy atom. The number of ether oxygens (including phenoxy) is 2. The summed E-state index contributed by atoms with van der Waals surface area (Å²) in [6, 6.07) is 4.63. The number of phenols is 1. The molecule has 1 saturated heterocycles. The Balaban J connectivity index is 1.66. The lowest BCUT2D eigenvalue weighted by Gasteiger charge is -2.38. The van der Waals surface area contributed by atoms with Gasteiger partial charge in [0, 0.05) is 11.6 Å². The number of hydrogen-bond acceptors (Lipinski definition) is 9. The van der Waals surface area contributed by atoms with Gasteiger partial charge in [0.05, 0.1) is 5.56 Å². The molecule has 174 valence electrons. The maximum atomic E-state index is 14.8. The van der Waals surface area contributed by atoms with Gasteiger partial charge in [0.25, 0.3) is 0 Å². The molecule has 5 N–H and O–H groups in total. The van der Waals surface area contributed by atoms with Crippen molar-refractivity contribution < 1.29 is 53.0 Å². The Labute approximate surface area is 183 Å². The average molecular weight is 465 g/mol. The van der Waals surface area contributed by atoms with Crippen LogP contribution in [0, 0.1) is 11.6 Å². The van der Waals surface area contributed by atoms with Crippen LogP contribution in [0.25, 0.3) is 28.6 Å². The molecule has 2 heterocycles. The van der Waals surface area contributed by atoms with E-state index in [1.54, 1.807) is 0 Å². The summed E-state index contributed by atoms with van der Waals surface area (Å²) >= 11 is 0. The van der Waals surface area contributed by atoms with Crippen molar-refractivity contribution in [3.05, 3.63) is 48.0 Å². The number of oxazole rings is 1. The van der Waals surface area contributed by atoms with Crippen LogP contribution in [-0.4, -0.2) is 67.2 Å². The van der Waals surface area contributed by atoms with Gasteiger partial charge in [-0.05, 0) is 18.2 Å². The molecule has 1 aromatic heterocycles. The Hall–Kier alpha value is -3.58. The van der Waals surface area contributed by atoms with Gasteiger partial charge in [-0.3, -0.25) is 0 Å². The summed E-state index contributed by atoms with van der Waals surface area (Å²) in [6.07, 6.45) is -8.43. The molecule has 0 unspecified atom stereocenters. The number of carboxylic acids is 1. The monoisotopic (exact) mass is 465 g/mol. The Kier molecular flexibility index (Phi) is 5.76. The number of halogens is 2. The first-order valence-electron chi connectivity index (χ1n) is 9.45. The molecule has 0 spiro atoms. The van der Waals surface area contributed by atoms with E-state index in [1.165, 1.54) is 18.2 Å². The maximum absolute atomic E-state index is 14.8. The second-order valence-electron chi connectivity index (χ2n) is 7.20. The fraction of sp³-hybridized carbons (Fsp3) is 0.238. The predicted molar refractivity (Wildman–Crippen MR) is 106 cm³/mol. The lowest BCUT2D eigenvalue weighted by atomic mass is 9.99. The summed E-state index contributed by atoms with van der Waals surface area (Å²) in [7, 11) is 0. The van der Waals surface area contributed by atoms with Crippen LogP contribution in [0.1, 0.15) is 5.56 Å². The molecule has 2 aromatic carbocycles. The summed E-state index contributed by atoms with van der Waals surface area (Å²) in [4.78, 5) is 15.2. The number of aromatic nitrogens is 1. The molecule has 3 aromatic rings. The molecular weight excluding hydrogens is 448 g/mol. The van der Waals surface area contributed by atoms with Crippen molar-refractivity contribution in [1.82, 2.24) is 4.98 Å². The third-order valence-corrected chi connectivity index (χ3v) is 5.06. The predicted octanol–water partition coefficient (Wildman–Crippen LogP) is 1.39. The number of hydrogen-bond donors (Lipinski definition) is 5. The highest BCUT2D eigenvalue weighted by Gasteiger charge is 2.48. The highest BCUT2D eigenvalue weighted by atomic mass is 19.2. The number of aliphatic carboxylic acids is 1. The topological polar surface area (TPSA) is 163 Å². The number of fused-ring (bicyclic) bond motifs is 1. The first-order chi connectivity index (χ1) is 15.6. The van der Waals surface area contributed by atoms with Gasteiger partial charge in [0.2, 0.25) is 18.0 Å². The molecule has 0 bridgehead atoms. The van der Waals surface area contributed by atoms with E-state index in [2.05, 4.69) is 11.6 Å². The molecule has 0 aliphatic carbocycles. The van der Waals surface area contributed by atoms with Crippen molar-refractivity contribution in [1.29, 1.82) is 0 Å². The van der Waals surface area contributed by atoms with Crippen molar-refractivity contribution >= 4 is 23.1 Å². The quantitative estimate of drug-likeness (QED) is 0.372. The number of rotatable bonds is 5. The molecule has 1 aliphatic rings. The van der Waals surface area contributed by atoms with E-state index < -0.39 is 59.6 Å². The number of aliphatic hydroxyl groups is 3. The molecule has 1 fully saturated rings. The molecular formula is C21H17F2NO9. The first-order valence-corrected chi connectivity index (χ1v) is 9.45. The summed E-state index contributed by atoms with van der Waals surface area (Å²) in [6.45, 7) is 3.58. The van der Waals surface area contributed by atoms with E-state index in [0.29, 0.717) is 5.56 Å². The minimum atomic E-state index is -1.98. The fourth-order valence-electron chi connectivity index (χ4n) is 3.37. The molecule has 10 nitrogen and oxygen atoms in total. The molecule has 0 radical (unpaired) electrons. The molecule has 4 rings (SSSR count).